The van der Waals surface area contributed by atoms with Crippen LogP contribution >= 0.6 is 22.7 Å². The Bertz CT molecular complexity index is 2270. The molecule has 8 rings (SSSR count). The van der Waals surface area contributed by atoms with E-state index in [2.05, 4.69) is 30.4 Å². The fourth-order valence-electron chi connectivity index (χ4n) is 5.36. The predicted molar refractivity (Wildman–Crippen MR) is 177 cm³/mol. The number of urea groups is 1. The number of nitrogens with one attached hydrogen (secondary N) is 1. The molecule has 4 aromatic heterocycles. The van der Waals surface area contributed by atoms with Gasteiger partial charge in [-0.2, -0.15) is 10.1 Å². The van der Waals surface area contributed by atoms with E-state index in [0.717, 1.165) is 56.7 Å². The molecule has 7 aromatic rings. The number of rotatable bonds is 6. The molecular weight excluding hydrogens is 641 g/mol. The Hall–Kier alpha value is -5.93. The lowest BCUT2D eigenvalue weighted by molar-refractivity contribution is 0.141. The smallest absolute Gasteiger partial charge is 0.449 e. The van der Waals surface area contributed by atoms with E-state index in [-0.39, 0.29) is 17.0 Å². The second kappa shape index (κ2) is 11.8. The summed E-state index contributed by atoms with van der Waals surface area (Å²) in [6.07, 6.45) is 4.95. The van der Waals surface area contributed by atoms with Gasteiger partial charge >= 0.3 is 12.2 Å². The Morgan fingerprint density at radius 3 is 2.70 bits per heavy atom. The Morgan fingerprint density at radius 1 is 0.979 bits per heavy atom. The molecule has 1 aliphatic rings. The standard InChI is InChI=1S/C32H22N8O5S2/c41-31(38-30-36-23-5-1-2-6-25(23)46-30)39-13-3-4-18-7-8-19(14-24(18)39)28-37-27(45-32(42)43)29(47-28)44-22-11-9-21(10-12-22)40-26-20(16-35-40)15-33-17-34-26/h1-2,5-12,14-17H,3-4,13H2,(H,42,43)(H,36,38,41). The lowest BCUT2D eigenvalue weighted by Gasteiger charge is -2.29. The molecule has 5 heterocycles. The van der Waals surface area contributed by atoms with Gasteiger partial charge in [0.2, 0.25) is 5.06 Å². The fraction of sp³-hybridized carbons (Fsp3) is 0.0938. The van der Waals surface area contributed by atoms with Crippen LogP contribution in [0.1, 0.15) is 12.0 Å². The van der Waals surface area contributed by atoms with Crippen LogP contribution in [-0.4, -0.2) is 53.6 Å². The lowest BCUT2D eigenvalue weighted by atomic mass is 10.00. The first kappa shape index (κ1) is 28.5. The van der Waals surface area contributed by atoms with E-state index in [1.165, 1.54) is 17.7 Å². The second-order valence-corrected chi connectivity index (χ2v) is 12.4. The van der Waals surface area contributed by atoms with Gasteiger partial charge in [-0.1, -0.05) is 46.9 Å². The first-order valence-corrected chi connectivity index (χ1v) is 16.0. The van der Waals surface area contributed by atoms with Crippen LogP contribution in [0.25, 0.3) is 37.5 Å². The lowest BCUT2D eigenvalue weighted by Crippen LogP contribution is -2.38. The average molecular weight is 663 g/mol. The van der Waals surface area contributed by atoms with E-state index in [0.29, 0.717) is 33.6 Å². The van der Waals surface area contributed by atoms with Gasteiger partial charge in [0.1, 0.15) is 17.1 Å². The number of carboxylic acid groups (broad SMARTS) is 1. The zero-order chi connectivity index (χ0) is 31.9. The van der Waals surface area contributed by atoms with Gasteiger partial charge in [0.25, 0.3) is 5.88 Å². The van der Waals surface area contributed by atoms with Crippen LogP contribution in [0.5, 0.6) is 16.7 Å². The Labute approximate surface area is 273 Å². The van der Waals surface area contributed by atoms with Crippen LogP contribution in [0.4, 0.5) is 20.4 Å². The number of carbonyl (C=O) groups is 2. The minimum atomic E-state index is -1.52. The maximum absolute atomic E-state index is 13.5. The Kier molecular flexibility index (Phi) is 7.15. The molecule has 0 aliphatic carbocycles. The maximum Gasteiger partial charge on any atom is 0.512 e. The topological polar surface area (TPSA) is 157 Å². The monoisotopic (exact) mass is 662 g/mol. The molecule has 3 aromatic carbocycles. The summed E-state index contributed by atoms with van der Waals surface area (Å²) in [7, 11) is 0. The number of anilines is 2. The third-order valence-electron chi connectivity index (χ3n) is 7.48. The molecule has 15 heteroatoms. The zero-order valence-corrected chi connectivity index (χ0v) is 25.9. The molecule has 13 nitrogen and oxygen atoms in total. The van der Waals surface area contributed by atoms with Crippen molar-refractivity contribution < 1.29 is 24.2 Å². The van der Waals surface area contributed by atoms with E-state index in [1.54, 1.807) is 46.2 Å². The van der Waals surface area contributed by atoms with E-state index in [9.17, 15) is 14.7 Å². The molecule has 0 atom stereocenters. The highest BCUT2D eigenvalue weighted by Crippen LogP contribution is 2.43. The van der Waals surface area contributed by atoms with Crippen molar-refractivity contribution in [3.05, 3.63) is 91.0 Å². The molecular formula is C32H22N8O5S2. The number of amides is 2. The molecule has 2 N–H and O–H groups in total. The number of benzene rings is 3. The van der Waals surface area contributed by atoms with Gasteiger partial charge in [0.05, 0.1) is 27.5 Å². The summed E-state index contributed by atoms with van der Waals surface area (Å²) in [6.45, 7) is 0.532. The van der Waals surface area contributed by atoms with Gasteiger partial charge in [0.15, 0.2) is 10.8 Å². The highest BCUT2D eigenvalue weighted by molar-refractivity contribution is 7.22. The zero-order valence-electron chi connectivity index (χ0n) is 24.2. The molecule has 0 bridgehead atoms. The van der Waals surface area contributed by atoms with Crippen LogP contribution in [0.15, 0.2) is 85.5 Å². The van der Waals surface area contributed by atoms with Crippen LogP contribution < -0.4 is 19.7 Å². The van der Waals surface area contributed by atoms with Crippen LogP contribution in [0.2, 0.25) is 0 Å². The highest BCUT2D eigenvalue weighted by atomic mass is 32.1. The summed E-state index contributed by atoms with van der Waals surface area (Å²) >= 11 is 2.55. The molecule has 47 heavy (non-hydrogen) atoms. The molecule has 1 aliphatic heterocycles. The van der Waals surface area contributed by atoms with Gasteiger partial charge < -0.3 is 14.6 Å². The summed E-state index contributed by atoms with van der Waals surface area (Å²) in [4.78, 5) is 44.0. The van der Waals surface area contributed by atoms with Crippen LogP contribution in [-0.2, 0) is 6.42 Å². The van der Waals surface area contributed by atoms with Crippen LogP contribution in [0.3, 0.4) is 0 Å². The van der Waals surface area contributed by atoms with E-state index in [1.807, 2.05) is 42.5 Å². The van der Waals surface area contributed by atoms with Crippen molar-refractivity contribution in [2.45, 2.75) is 12.8 Å². The number of hydrogen-bond donors (Lipinski definition) is 2. The van der Waals surface area contributed by atoms with Crippen molar-refractivity contribution in [1.82, 2.24) is 29.7 Å². The van der Waals surface area contributed by atoms with Gasteiger partial charge in [-0.05, 0) is 60.9 Å². The first-order chi connectivity index (χ1) is 23.0. The number of ether oxygens (including phenoxy) is 2. The van der Waals surface area contributed by atoms with Crippen molar-refractivity contribution >= 4 is 66.9 Å². The molecule has 2 amide bonds. The second-order valence-electron chi connectivity index (χ2n) is 10.4. The third-order valence-corrected chi connectivity index (χ3v) is 9.39. The molecule has 0 saturated carbocycles. The number of aromatic nitrogens is 6. The van der Waals surface area contributed by atoms with Crippen molar-refractivity contribution in [2.75, 3.05) is 16.8 Å². The summed E-state index contributed by atoms with van der Waals surface area (Å²) in [5.74, 6) is 0.257. The van der Waals surface area contributed by atoms with Gasteiger partial charge in [-0.3, -0.25) is 10.2 Å². The average Bonchev–Trinajstić information content (AvgIpc) is 3.81. The van der Waals surface area contributed by atoms with Gasteiger partial charge in [-0.25, -0.2) is 29.2 Å². The number of thiazole rings is 2. The number of para-hydroxylation sites is 1. The minimum absolute atomic E-state index is 0.163. The van der Waals surface area contributed by atoms with Crippen molar-refractivity contribution in [3.63, 3.8) is 0 Å². The number of carbonyl (C=O) groups excluding carboxylic acids is 1. The summed E-state index contributed by atoms with van der Waals surface area (Å²) in [6, 6.07) is 20.3. The Balaban J connectivity index is 1.06. The number of nitrogens with zero attached hydrogens (tertiary/aromatic N) is 7. The summed E-state index contributed by atoms with van der Waals surface area (Å²) < 4.78 is 13.7. The first-order valence-electron chi connectivity index (χ1n) is 14.4. The van der Waals surface area contributed by atoms with Crippen LogP contribution in [0, 0.1) is 0 Å². The molecule has 0 unspecified atom stereocenters. The SMILES string of the molecule is O=C(O)Oc1nc(-c2ccc3c(c2)N(C(=O)Nc2nc4ccccc4s2)CCC3)sc1Oc1ccc(-n2ncc3cncnc32)cc1. The van der Waals surface area contributed by atoms with Crippen molar-refractivity contribution in [3.8, 4) is 33.0 Å². The van der Waals surface area contributed by atoms with E-state index >= 15 is 0 Å². The van der Waals surface area contributed by atoms with Gasteiger partial charge in [0, 0.05) is 24.0 Å². The van der Waals surface area contributed by atoms with E-state index in [4.69, 9.17) is 9.47 Å². The molecule has 0 fully saturated rings. The minimum Gasteiger partial charge on any atom is -0.449 e. The number of fused-ring (bicyclic) bond motifs is 3. The van der Waals surface area contributed by atoms with E-state index < -0.39 is 6.16 Å². The predicted octanol–water partition coefficient (Wildman–Crippen LogP) is 7.38. The summed E-state index contributed by atoms with van der Waals surface area (Å²) in [5, 5.41) is 18.7. The van der Waals surface area contributed by atoms with Gasteiger partial charge in [-0.15, -0.1) is 0 Å². The quantitative estimate of drug-likeness (QED) is 0.172. The molecule has 0 saturated heterocycles. The fourth-order valence-corrected chi connectivity index (χ4v) is 7.08. The van der Waals surface area contributed by atoms with Crippen molar-refractivity contribution in [1.29, 1.82) is 0 Å². The number of hydrogen-bond acceptors (Lipinski definition) is 11. The summed E-state index contributed by atoms with van der Waals surface area (Å²) in [5.41, 5.74) is 4.69. The highest BCUT2D eigenvalue weighted by Gasteiger charge is 2.26. The van der Waals surface area contributed by atoms with Crippen molar-refractivity contribution in [2.24, 2.45) is 0 Å². The maximum atomic E-state index is 13.5. The normalized spacial score (nSPS) is 12.6. The molecule has 0 spiro atoms. The molecule has 0 radical (unpaired) electrons. The molecule has 232 valence electrons. The Morgan fingerprint density at radius 2 is 1.85 bits per heavy atom. The number of aryl methyl sites for hydroxylation is 1. The largest absolute Gasteiger partial charge is 0.512 e. The third kappa shape index (κ3) is 5.57.